The Kier molecular flexibility index (Phi) is 5.06. The third kappa shape index (κ3) is 3.28. The van der Waals surface area contributed by atoms with E-state index in [1.165, 1.54) is 10.4 Å². The standard InChI is InChI=1S/C18H25N5O2S/c1-2-23-12-21-22-15(23)3-7-20-17(24)14-11-13-4-10-25-18(16(13)26-14)5-8-19-9-6-18/h11-12,19H,2-10H2,1H3,(H,20,24). The lowest BCUT2D eigenvalue weighted by Gasteiger charge is -2.40. The Morgan fingerprint density at radius 3 is 3.12 bits per heavy atom. The van der Waals surface area contributed by atoms with Crippen molar-refractivity contribution in [3.63, 3.8) is 0 Å². The van der Waals surface area contributed by atoms with E-state index in [0.29, 0.717) is 13.0 Å². The largest absolute Gasteiger partial charge is 0.369 e. The van der Waals surface area contributed by atoms with Gasteiger partial charge in [-0.05, 0) is 50.9 Å². The van der Waals surface area contributed by atoms with Crippen LogP contribution in [-0.2, 0) is 29.7 Å². The Bertz CT molecular complexity index is 778. The van der Waals surface area contributed by atoms with E-state index in [9.17, 15) is 4.79 Å². The van der Waals surface area contributed by atoms with Gasteiger partial charge < -0.3 is 19.9 Å². The molecule has 4 heterocycles. The first-order valence-electron chi connectivity index (χ1n) is 9.34. The predicted molar refractivity (Wildman–Crippen MR) is 99.5 cm³/mol. The van der Waals surface area contributed by atoms with Crippen LogP contribution in [0.2, 0.25) is 0 Å². The number of nitrogens with zero attached hydrogens (tertiary/aromatic N) is 3. The normalized spacial score (nSPS) is 18.7. The van der Waals surface area contributed by atoms with Crippen molar-refractivity contribution in [2.24, 2.45) is 0 Å². The molecule has 26 heavy (non-hydrogen) atoms. The zero-order valence-electron chi connectivity index (χ0n) is 15.1. The first-order valence-corrected chi connectivity index (χ1v) is 10.2. The van der Waals surface area contributed by atoms with E-state index >= 15 is 0 Å². The molecule has 0 aromatic carbocycles. The van der Waals surface area contributed by atoms with Gasteiger partial charge in [0.2, 0.25) is 0 Å². The van der Waals surface area contributed by atoms with Crippen LogP contribution in [0.4, 0.5) is 0 Å². The number of thiophene rings is 1. The topological polar surface area (TPSA) is 81.1 Å². The van der Waals surface area contributed by atoms with Crippen LogP contribution in [-0.4, -0.2) is 46.9 Å². The van der Waals surface area contributed by atoms with Crippen LogP contribution < -0.4 is 10.6 Å². The van der Waals surface area contributed by atoms with E-state index in [0.717, 1.165) is 56.2 Å². The van der Waals surface area contributed by atoms with Crippen LogP contribution in [0.15, 0.2) is 12.4 Å². The SMILES string of the molecule is CCn1cnnc1CCNC(=O)c1cc2c(s1)C1(CCNCC1)OCC2. The highest BCUT2D eigenvalue weighted by atomic mass is 32.1. The van der Waals surface area contributed by atoms with E-state index in [1.54, 1.807) is 17.7 Å². The minimum atomic E-state index is -0.181. The van der Waals surface area contributed by atoms with Crippen LogP contribution in [0, 0.1) is 0 Å². The van der Waals surface area contributed by atoms with E-state index < -0.39 is 0 Å². The molecule has 140 valence electrons. The molecule has 0 saturated carbocycles. The number of carbonyl (C=O) groups is 1. The van der Waals surface area contributed by atoms with Crippen molar-refractivity contribution in [2.75, 3.05) is 26.2 Å². The van der Waals surface area contributed by atoms with Gasteiger partial charge in [-0.25, -0.2) is 0 Å². The quantitative estimate of drug-likeness (QED) is 0.827. The number of hydrogen-bond acceptors (Lipinski definition) is 6. The number of nitrogens with one attached hydrogen (secondary N) is 2. The fraction of sp³-hybridized carbons (Fsp3) is 0.611. The van der Waals surface area contributed by atoms with Gasteiger partial charge >= 0.3 is 0 Å². The van der Waals surface area contributed by atoms with Gasteiger partial charge in [0.05, 0.1) is 11.5 Å². The van der Waals surface area contributed by atoms with Crippen LogP contribution in [0.25, 0.3) is 0 Å². The molecule has 1 amide bonds. The maximum atomic E-state index is 12.6. The highest BCUT2D eigenvalue weighted by molar-refractivity contribution is 7.14. The molecule has 4 rings (SSSR count). The Labute approximate surface area is 157 Å². The molecule has 0 bridgehead atoms. The van der Waals surface area contributed by atoms with Gasteiger partial charge in [0.25, 0.3) is 5.91 Å². The Hall–Kier alpha value is -1.77. The van der Waals surface area contributed by atoms with Crippen molar-refractivity contribution in [3.05, 3.63) is 33.5 Å². The van der Waals surface area contributed by atoms with Gasteiger partial charge in [0, 0.05) is 24.4 Å². The third-order valence-electron chi connectivity index (χ3n) is 5.28. The molecule has 0 unspecified atom stereocenters. The summed E-state index contributed by atoms with van der Waals surface area (Å²) in [7, 11) is 0. The zero-order valence-corrected chi connectivity index (χ0v) is 15.9. The maximum Gasteiger partial charge on any atom is 0.261 e. The fourth-order valence-corrected chi connectivity index (χ4v) is 5.17. The number of fused-ring (bicyclic) bond motifs is 2. The lowest BCUT2D eigenvalue weighted by Crippen LogP contribution is -2.43. The van der Waals surface area contributed by atoms with E-state index in [4.69, 9.17) is 4.74 Å². The number of piperidine rings is 1. The van der Waals surface area contributed by atoms with Gasteiger partial charge in [0.15, 0.2) is 0 Å². The van der Waals surface area contributed by atoms with Crippen LogP contribution in [0.3, 0.4) is 0 Å². The Morgan fingerprint density at radius 1 is 1.46 bits per heavy atom. The molecule has 2 aliphatic rings. The average Bonchev–Trinajstić information content (AvgIpc) is 3.30. The van der Waals surface area contributed by atoms with Crippen LogP contribution in [0.5, 0.6) is 0 Å². The summed E-state index contributed by atoms with van der Waals surface area (Å²) in [5.41, 5.74) is 1.11. The molecule has 1 fully saturated rings. The molecule has 7 nitrogen and oxygen atoms in total. The lowest BCUT2D eigenvalue weighted by molar-refractivity contribution is -0.0771. The number of rotatable bonds is 5. The van der Waals surface area contributed by atoms with Gasteiger partial charge in [-0.3, -0.25) is 4.79 Å². The Morgan fingerprint density at radius 2 is 2.31 bits per heavy atom. The lowest BCUT2D eigenvalue weighted by atomic mass is 9.86. The second kappa shape index (κ2) is 7.46. The second-order valence-corrected chi connectivity index (χ2v) is 7.90. The maximum absolute atomic E-state index is 12.6. The molecular weight excluding hydrogens is 350 g/mol. The fourth-order valence-electron chi connectivity index (χ4n) is 3.85. The van der Waals surface area contributed by atoms with Gasteiger partial charge in [0.1, 0.15) is 17.8 Å². The molecule has 1 spiro atoms. The number of hydrogen-bond donors (Lipinski definition) is 2. The van der Waals surface area contributed by atoms with Gasteiger partial charge in [-0.2, -0.15) is 0 Å². The number of aromatic nitrogens is 3. The second-order valence-electron chi connectivity index (χ2n) is 6.85. The molecule has 0 radical (unpaired) electrons. The Balaban J connectivity index is 1.43. The van der Waals surface area contributed by atoms with Crippen molar-refractivity contribution >= 4 is 17.2 Å². The highest BCUT2D eigenvalue weighted by Crippen LogP contribution is 2.44. The summed E-state index contributed by atoms with van der Waals surface area (Å²) < 4.78 is 8.20. The molecule has 0 atom stereocenters. The minimum Gasteiger partial charge on any atom is -0.369 e. The van der Waals surface area contributed by atoms with Crippen molar-refractivity contribution in [2.45, 2.75) is 44.8 Å². The van der Waals surface area contributed by atoms with Gasteiger partial charge in [-0.1, -0.05) is 0 Å². The number of carbonyl (C=O) groups excluding carboxylic acids is 1. The molecule has 0 aliphatic carbocycles. The summed E-state index contributed by atoms with van der Waals surface area (Å²) in [6.45, 7) is 6.14. The van der Waals surface area contributed by atoms with Crippen molar-refractivity contribution < 1.29 is 9.53 Å². The summed E-state index contributed by atoms with van der Waals surface area (Å²) >= 11 is 1.61. The van der Waals surface area contributed by atoms with Crippen LogP contribution >= 0.6 is 11.3 Å². The van der Waals surface area contributed by atoms with E-state index in [2.05, 4.69) is 33.8 Å². The molecule has 2 aromatic heterocycles. The summed E-state index contributed by atoms with van der Waals surface area (Å²) in [6.07, 6.45) is 5.27. The number of amides is 1. The molecule has 2 aromatic rings. The van der Waals surface area contributed by atoms with E-state index in [1.807, 2.05) is 4.57 Å². The molecule has 2 aliphatic heterocycles. The molecule has 1 saturated heterocycles. The van der Waals surface area contributed by atoms with Crippen molar-refractivity contribution in [1.82, 2.24) is 25.4 Å². The van der Waals surface area contributed by atoms with Gasteiger partial charge in [-0.15, -0.1) is 21.5 Å². The predicted octanol–water partition coefficient (Wildman–Crippen LogP) is 1.48. The first kappa shape index (κ1) is 17.6. The monoisotopic (exact) mass is 375 g/mol. The summed E-state index contributed by atoms with van der Waals surface area (Å²) in [6, 6.07) is 2.07. The summed E-state index contributed by atoms with van der Waals surface area (Å²) in [5.74, 6) is 0.899. The zero-order chi connectivity index (χ0) is 18.0. The number of aryl methyl sites for hydroxylation is 1. The average molecular weight is 375 g/mol. The summed E-state index contributed by atoms with van der Waals surface area (Å²) in [5, 5.41) is 14.5. The first-order chi connectivity index (χ1) is 12.7. The van der Waals surface area contributed by atoms with Crippen molar-refractivity contribution in [3.8, 4) is 0 Å². The number of ether oxygens (including phenoxy) is 1. The molecular formula is C18H25N5O2S. The van der Waals surface area contributed by atoms with Crippen molar-refractivity contribution in [1.29, 1.82) is 0 Å². The third-order valence-corrected chi connectivity index (χ3v) is 6.64. The smallest absolute Gasteiger partial charge is 0.261 e. The molecule has 8 heteroatoms. The van der Waals surface area contributed by atoms with E-state index in [-0.39, 0.29) is 11.5 Å². The molecule has 2 N–H and O–H groups in total. The summed E-state index contributed by atoms with van der Waals surface area (Å²) in [4.78, 5) is 14.7. The minimum absolute atomic E-state index is 0.00366. The van der Waals surface area contributed by atoms with Crippen LogP contribution in [0.1, 0.15) is 45.7 Å². The highest BCUT2D eigenvalue weighted by Gasteiger charge is 2.41.